The topological polar surface area (TPSA) is 24.4 Å². The molecule has 0 saturated carbocycles. The molecule has 0 saturated heterocycles. The highest BCUT2D eigenvalue weighted by molar-refractivity contribution is 5.61. The minimum atomic E-state index is 0.765. The standard InChI is InChI=1S/C8H10N2/c1-2-3-4-5-8-6-9-7-10-8/h2-5,7H,1,6H2,(H,9,10)/b4-3-,8-5+. The maximum atomic E-state index is 3.98. The molecule has 0 unspecified atom stereocenters. The monoisotopic (exact) mass is 134 g/mol. The van der Waals surface area contributed by atoms with Gasteiger partial charge in [0.05, 0.1) is 12.9 Å². The van der Waals surface area contributed by atoms with Gasteiger partial charge in [-0.3, -0.25) is 4.99 Å². The van der Waals surface area contributed by atoms with Crippen molar-refractivity contribution in [2.45, 2.75) is 0 Å². The summed E-state index contributed by atoms with van der Waals surface area (Å²) < 4.78 is 0. The first kappa shape index (κ1) is 6.81. The average molecular weight is 134 g/mol. The molecule has 0 fully saturated rings. The molecule has 0 amide bonds. The molecule has 1 aliphatic rings. The van der Waals surface area contributed by atoms with E-state index in [1.807, 2.05) is 18.2 Å². The third-order valence-corrected chi connectivity index (χ3v) is 1.15. The average Bonchev–Trinajstić information content (AvgIpc) is 2.41. The van der Waals surface area contributed by atoms with Crippen molar-refractivity contribution < 1.29 is 0 Å². The van der Waals surface area contributed by atoms with Crippen LogP contribution in [0.1, 0.15) is 0 Å². The quantitative estimate of drug-likeness (QED) is 0.564. The van der Waals surface area contributed by atoms with Crippen LogP contribution in [-0.2, 0) is 0 Å². The summed E-state index contributed by atoms with van der Waals surface area (Å²) in [6.45, 7) is 4.32. The molecule has 0 aromatic heterocycles. The molecule has 0 bridgehead atoms. The second kappa shape index (κ2) is 3.67. The Balaban J connectivity index is 2.40. The van der Waals surface area contributed by atoms with Crippen molar-refractivity contribution in [3.8, 4) is 0 Å². The van der Waals surface area contributed by atoms with E-state index < -0.39 is 0 Å². The van der Waals surface area contributed by atoms with Gasteiger partial charge in [-0.15, -0.1) is 0 Å². The van der Waals surface area contributed by atoms with Crippen LogP contribution in [0, 0.1) is 0 Å². The Morgan fingerprint density at radius 3 is 3.10 bits per heavy atom. The van der Waals surface area contributed by atoms with Gasteiger partial charge in [0.2, 0.25) is 0 Å². The molecule has 0 aromatic rings. The number of rotatable bonds is 2. The Morgan fingerprint density at radius 1 is 1.60 bits per heavy atom. The fourth-order valence-electron chi connectivity index (χ4n) is 0.669. The summed E-state index contributed by atoms with van der Waals surface area (Å²) in [5.74, 6) is 0. The van der Waals surface area contributed by atoms with Crippen molar-refractivity contribution in [1.29, 1.82) is 0 Å². The minimum Gasteiger partial charge on any atom is -0.349 e. The van der Waals surface area contributed by atoms with E-state index in [9.17, 15) is 0 Å². The molecule has 0 aliphatic carbocycles. The molecule has 1 N–H and O–H groups in total. The van der Waals surface area contributed by atoms with Crippen molar-refractivity contribution in [2.24, 2.45) is 4.99 Å². The number of allylic oxidation sites excluding steroid dienone is 4. The first-order chi connectivity index (χ1) is 4.93. The lowest BCUT2D eigenvalue weighted by molar-refractivity contribution is 1.12. The van der Waals surface area contributed by atoms with E-state index in [-0.39, 0.29) is 0 Å². The lowest BCUT2D eigenvalue weighted by Gasteiger charge is -1.90. The molecule has 2 heteroatoms. The van der Waals surface area contributed by atoms with Crippen molar-refractivity contribution in [1.82, 2.24) is 5.32 Å². The summed E-state index contributed by atoms with van der Waals surface area (Å²) in [5.41, 5.74) is 1.12. The van der Waals surface area contributed by atoms with Crippen molar-refractivity contribution in [3.05, 3.63) is 36.6 Å². The largest absolute Gasteiger partial charge is 0.349 e. The Hall–Kier alpha value is -1.31. The van der Waals surface area contributed by atoms with Gasteiger partial charge in [0.25, 0.3) is 0 Å². The predicted molar refractivity (Wildman–Crippen MR) is 43.9 cm³/mol. The van der Waals surface area contributed by atoms with Gasteiger partial charge < -0.3 is 5.32 Å². The number of nitrogens with one attached hydrogen (secondary N) is 1. The first-order valence-electron chi connectivity index (χ1n) is 3.16. The van der Waals surface area contributed by atoms with E-state index in [1.165, 1.54) is 0 Å². The van der Waals surface area contributed by atoms with E-state index >= 15 is 0 Å². The van der Waals surface area contributed by atoms with E-state index in [0.29, 0.717) is 0 Å². The van der Waals surface area contributed by atoms with Crippen LogP contribution in [0.15, 0.2) is 41.6 Å². The summed E-state index contributed by atoms with van der Waals surface area (Å²) >= 11 is 0. The van der Waals surface area contributed by atoms with E-state index in [2.05, 4.69) is 16.9 Å². The van der Waals surface area contributed by atoms with Gasteiger partial charge in [0, 0.05) is 5.70 Å². The Morgan fingerprint density at radius 2 is 2.50 bits per heavy atom. The normalized spacial score (nSPS) is 20.2. The summed E-state index contributed by atoms with van der Waals surface area (Å²) in [7, 11) is 0. The van der Waals surface area contributed by atoms with Crippen LogP contribution in [-0.4, -0.2) is 12.9 Å². The molecule has 0 aromatic carbocycles. The summed E-state index contributed by atoms with van der Waals surface area (Å²) in [6.07, 6.45) is 9.24. The zero-order valence-corrected chi connectivity index (χ0v) is 5.75. The van der Waals surface area contributed by atoms with Crippen LogP contribution in [0.3, 0.4) is 0 Å². The fraction of sp³-hybridized carbons (Fsp3) is 0.125. The van der Waals surface area contributed by atoms with Crippen LogP contribution < -0.4 is 5.32 Å². The highest BCUT2D eigenvalue weighted by Crippen LogP contribution is 1.94. The molecule has 2 nitrogen and oxygen atoms in total. The van der Waals surface area contributed by atoms with E-state index in [0.717, 1.165) is 12.2 Å². The number of aliphatic imine (C=N–C) groups is 1. The van der Waals surface area contributed by atoms with Gasteiger partial charge in [-0.1, -0.05) is 24.8 Å². The molecule has 10 heavy (non-hydrogen) atoms. The summed E-state index contributed by atoms with van der Waals surface area (Å²) in [4.78, 5) is 3.98. The fourth-order valence-corrected chi connectivity index (χ4v) is 0.669. The number of hydrogen-bond donors (Lipinski definition) is 1. The highest BCUT2D eigenvalue weighted by Gasteiger charge is 1.95. The van der Waals surface area contributed by atoms with Crippen LogP contribution in [0.25, 0.3) is 0 Å². The van der Waals surface area contributed by atoms with Crippen molar-refractivity contribution in [3.63, 3.8) is 0 Å². The van der Waals surface area contributed by atoms with Gasteiger partial charge in [-0.2, -0.15) is 0 Å². The van der Waals surface area contributed by atoms with Gasteiger partial charge in [0.15, 0.2) is 0 Å². The predicted octanol–water partition coefficient (Wildman–Crippen LogP) is 1.24. The Labute approximate surface area is 60.7 Å². The van der Waals surface area contributed by atoms with E-state index in [1.54, 1.807) is 12.4 Å². The second-order valence-corrected chi connectivity index (χ2v) is 1.93. The summed E-state index contributed by atoms with van der Waals surface area (Å²) in [5, 5.41) is 3.00. The second-order valence-electron chi connectivity index (χ2n) is 1.93. The number of nitrogens with zero attached hydrogens (tertiary/aromatic N) is 1. The van der Waals surface area contributed by atoms with Gasteiger partial charge >= 0.3 is 0 Å². The zero-order chi connectivity index (χ0) is 7.23. The molecule has 1 aliphatic heterocycles. The van der Waals surface area contributed by atoms with Crippen molar-refractivity contribution in [2.75, 3.05) is 6.54 Å². The zero-order valence-electron chi connectivity index (χ0n) is 5.75. The van der Waals surface area contributed by atoms with Crippen LogP contribution in [0.2, 0.25) is 0 Å². The maximum absolute atomic E-state index is 3.98. The third-order valence-electron chi connectivity index (χ3n) is 1.15. The van der Waals surface area contributed by atoms with E-state index in [4.69, 9.17) is 0 Å². The Kier molecular flexibility index (Phi) is 2.49. The van der Waals surface area contributed by atoms with Gasteiger partial charge in [-0.25, -0.2) is 0 Å². The Bertz CT molecular complexity index is 189. The molecule has 1 rings (SSSR count). The van der Waals surface area contributed by atoms with Gasteiger partial charge in [0.1, 0.15) is 0 Å². The maximum Gasteiger partial charge on any atom is 0.0870 e. The molecule has 52 valence electrons. The SMILES string of the molecule is C=C/C=C\C=C1/CN=CN1. The highest BCUT2D eigenvalue weighted by atomic mass is 15.0. The smallest absolute Gasteiger partial charge is 0.0870 e. The summed E-state index contributed by atoms with van der Waals surface area (Å²) in [6, 6.07) is 0. The number of hydrogen-bond acceptors (Lipinski definition) is 2. The molecular weight excluding hydrogens is 124 g/mol. The van der Waals surface area contributed by atoms with Crippen LogP contribution in [0.5, 0.6) is 0 Å². The third kappa shape index (κ3) is 1.90. The molecular formula is C8H10N2. The van der Waals surface area contributed by atoms with Crippen molar-refractivity contribution >= 4 is 6.34 Å². The van der Waals surface area contributed by atoms with Crippen LogP contribution in [0.4, 0.5) is 0 Å². The first-order valence-corrected chi connectivity index (χ1v) is 3.16. The molecule has 0 atom stereocenters. The lowest BCUT2D eigenvalue weighted by Crippen LogP contribution is -2.03. The van der Waals surface area contributed by atoms with Crippen LogP contribution >= 0.6 is 0 Å². The van der Waals surface area contributed by atoms with Gasteiger partial charge in [-0.05, 0) is 6.08 Å². The molecule has 0 spiro atoms. The molecule has 0 radical (unpaired) electrons. The minimum absolute atomic E-state index is 0.765. The lowest BCUT2D eigenvalue weighted by atomic mass is 10.4. The molecule has 1 heterocycles.